The first-order valence-corrected chi connectivity index (χ1v) is 11.6. The Bertz CT molecular complexity index is 881. The third-order valence-electron chi connectivity index (χ3n) is 6.13. The lowest BCUT2D eigenvalue weighted by Gasteiger charge is -2.36. The summed E-state index contributed by atoms with van der Waals surface area (Å²) in [6, 6.07) is 18.0. The first kappa shape index (κ1) is 22.2. The number of cyclic esters (lactones) is 1. The average molecular weight is 436 g/mol. The summed E-state index contributed by atoms with van der Waals surface area (Å²) in [6.45, 7) is 10.1. The van der Waals surface area contributed by atoms with E-state index in [4.69, 9.17) is 9.47 Å². The number of para-hydroxylation sites is 3. The van der Waals surface area contributed by atoms with E-state index in [0.29, 0.717) is 13.2 Å². The third-order valence-corrected chi connectivity index (χ3v) is 6.13. The zero-order valence-corrected chi connectivity index (χ0v) is 18.7. The van der Waals surface area contributed by atoms with Gasteiger partial charge in [0.25, 0.3) is 0 Å². The summed E-state index contributed by atoms with van der Waals surface area (Å²) in [6.07, 6.45) is 4.65. The SMILES string of the molecule is C=CCOc1ccccc1N1CCN(CCCCC2CN(c3ccccc3)C(=O)O2)CC1. The van der Waals surface area contributed by atoms with E-state index in [2.05, 4.69) is 28.5 Å². The fraction of sp³-hybridized carbons (Fsp3) is 0.423. The molecule has 1 amide bonds. The van der Waals surface area contributed by atoms with Gasteiger partial charge in [0, 0.05) is 31.9 Å². The normalized spacial score (nSPS) is 19.1. The van der Waals surface area contributed by atoms with Crippen LogP contribution in [0.2, 0.25) is 0 Å². The second-order valence-corrected chi connectivity index (χ2v) is 8.34. The van der Waals surface area contributed by atoms with Gasteiger partial charge in [-0.1, -0.05) is 43.0 Å². The predicted molar refractivity (Wildman–Crippen MR) is 129 cm³/mol. The second-order valence-electron chi connectivity index (χ2n) is 8.34. The topological polar surface area (TPSA) is 45.2 Å². The molecule has 0 aromatic heterocycles. The minimum atomic E-state index is -0.227. The molecule has 0 bridgehead atoms. The maximum atomic E-state index is 12.2. The second kappa shape index (κ2) is 11.0. The molecule has 2 aromatic carbocycles. The predicted octanol–water partition coefficient (Wildman–Crippen LogP) is 4.57. The molecule has 0 radical (unpaired) electrons. The van der Waals surface area contributed by atoms with Crippen molar-refractivity contribution in [3.05, 3.63) is 67.3 Å². The number of nitrogens with zero attached hydrogens (tertiary/aromatic N) is 3. The van der Waals surface area contributed by atoms with E-state index in [1.54, 1.807) is 11.0 Å². The molecule has 0 spiro atoms. The van der Waals surface area contributed by atoms with E-state index in [-0.39, 0.29) is 12.2 Å². The van der Waals surface area contributed by atoms with Crippen LogP contribution in [0, 0.1) is 0 Å². The van der Waals surface area contributed by atoms with Crippen LogP contribution in [0.1, 0.15) is 19.3 Å². The van der Waals surface area contributed by atoms with Gasteiger partial charge < -0.3 is 14.4 Å². The van der Waals surface area contributed by atoms with Crippen LogP contribution in [0.25, 0.3) is 0 Å². The molecule has 4 rings (SSSR count). The number of amides is 1. The summed E-state index contributed by atoms with van der Waals surface area (Å²) >= 11 is 0. The number of unbranched alkanes of at least 4 members (excludes halogenated alkanes) is 1. The molecule has 2 aliphatic rings. The largest absolute Gasteiger partial charge is 0.487 e. The van der Waals surface area contributed by atoms with Crippen LogP contribution >= 0.6 is 0 Å². The van der Waals surface area contributed by atoms with Crippen molar-refractivity contribution in [2.75, 3.05) is 55.7 Å². The number of ether oxygens (including phenoxy) is 2. The van der Waals surface area contributed by atoms with E-state index >= 15 is 0 Å². The van der Waals surface area contributed by atoms with Gasteiger partial charge in [0.05, 0.1) is 12.2 Å². The Labute approximate surface area is 191 Å². The molecule has 2 fully saturated rings. The molecular formula is C26H33N3O3. The van der Waals surface area contributed by atoms with E-state index in [1.165, 1.54) is 5.69 Å². The molecule has 2 aromatic rings. The van der Waals surface area contributed by atoms with Crippen molar-refractivity contribution in [2.24, 2.45) is 0 Å². The van der Waals surface area contributed by atoms with Crippen molar-refractivity contribution in [3.8, 4) is 5.75 Å². The van der Waals surface area contributed by atoms with Crippen LogP contribution in [0.3, 0.4) is 0 Å². The van der Waals surface area contributed by atoms with Crippen molar-refractivity contribution >= 4 is 17.5 Å². The molecule has 0 saturated carbocycles. The molecule has 2 aliphatic heterocycles. The van der Waals surface area contributed by atoms with Crippen molar-refractivity contribution in [1.82, 2.24) is 4.90 Å². The highest BCUT2D eigenvalue weighted by Gasteiger charge is 2.31. The zero-order valence-electron chi connectivity index (χ0n) is 18.7. The highest BCUT2D eigenvalue weighted by molar-refractivity contribution is 5.89. The highest BCUT2D eigenvalue weighted by atomic mass is 16.6. The number of carbonyl (C=O) groups excluding carboxylic acids is 1. The molecule has 32 heavy (non-hydrogen) atoms. The molecule has 2 heterocycles. The summed E-state index contributed by atoms with van der Waals surface area (Å²) in [4.78, 5) is 18.8. The lowest BCUT2D eigenvalue weighted by atomic mass is 10.1. The summed E-state index contributed by atoms with van der Waals surface area (Å²) < 4.78 is 11.4. The minimum Gasteiger partial charge on any atom is -0.487 e. The molecule has 0 aliphatic carbocycles. The fourth-order valence-corrected chi connectivity index (χ4v) is 4.40. The van der Waals surface area contributed by atoms with E-state index in [9.17, 15) is 4.79 Å². The number of hydrogen-bond acceptors (Lipinski definition) is 5. The van der Waals surface area contributed by atoms with Crippen LogP contribution in [0.15, 0.2) is 67.3 Å². The standard InChI is InChI=1S/C26H33N3O3/c1-2-20-31-25-14-7-6-13-24(25)28-18-16-27(17-19-28)15-9-8-12-23-21-29(26(30)32-23)22-10-4-3-5-11-22/h2-7,10-11,13-14,23H,1,8-9,12,15-21H2. The minimum absolute atomic E-state index is 0.00776. The lowest BCUT2D eigenvalue weighted by molar-refractivity contribution is 0.134. The summed E-state index contributed by atoms with van der Waals surface area (Å²) in [7, 11) is 0. The van der Waals surface area contributed by atoms with Crippen LogP contribution < -0.4 is 14.5 Å². The van der Waals surface area contributed by atoms with Gasteiger partial charge in [-0.15, -0.1) is 0 Å². The van der Waals surface area contributed by atoms with Gasteiger partial charge in [0.2, 0.25) is 0 Å². The molecule has 0 N–H and O–H groups in total. The molecule has 1 unspecified atom stereocenters. The Kier molecular flexibility index (Phi) is 7.67. The number of anilines is 2. The highest BCUT2D eigenvalue weighted by Crippen LogP contribution is 2.29. The van der Waals surface area contributed by atoms with Gasteiger partial charge >= 0.3 is 6.09 Å². The zero-order chi connectivity index (χ0) is 22.2. The summed E-state index contributed by atoms with van der Waals surface area (Å²) in [5, 5.41) is 0. The molecule has 6 heteroatoms. The average Bonchev–Trinajstić information content (AvgIpc) is 3.22. The van der Waals surface area contributed by atoms with Crippen LogP contribution in [-0.4, -0.2) is 63.0 Å². The van der Waals surface area contributed by atoms with Gasteiger partial charge in [-0.05, 0) is 50.1 Å². The molecule has 2 saturated heterocycles. The van der Waals surface area contributed by atoms with Gasteiger partial charge in [0.1, 0.15) is 18.5 Å². The van der Waals surface area contributed by atoms with Crippen molar-refractivity contribution in [2.45, 2.75) is 25.4 Å². The van der Waals surface area contributed by atoms with Crippen LogP contribution in [-0.2, 0) is 4.74 Å². The van der Waals surface area contributed by atoms with Crippen molar-refractivity contribution < 1.29 is 14.3 Å². The Morgan fingerprint density at radius 1 is 1.00 bits per heavy atom. The van der Waals surface area contributed by atoms with Crippen LogP contribution in [0.5, 0.6) is 5.75 Å². The quantitative estimate of drug-likeness (QED) is 0.404. The Hall–Kier alpha value is -2.99. The number of benzene rings is 2. The lowest BCUT2D eigenvalue weighted by Crippen LogP contribution is -2.46. The molecule has 1 atom stereocenters. The van der Waals surface area contributed by atoms with E-state index in [0.717, 1.165) is 63.4 Å². The first-order chi connectivity index (χ1) is 15.7. The summed E-state index contributed by atoms with van der Waals surface area (Å²) in [5.41, 5.74) is 2.08. The maximum absolute atomic E-state index is 12.2. The third kappa shape index (κ3) is 5.62. The number of carbonyl (C=O) groups is 1. The van der Waals surface area contributed by atoms with Crippen molar-refractivity contribution in [3.63, 3.8) is 0 Å². The van der Waals surface area contributed by atoms with Gasteiger partial charge in [0.15, 0.2) is 0 Å². The maximum Gasteiger partial charge on any atom is 0.414 e. The monoisotopic (exact) mass is 435 g/mol. The Balaban J connectivity index is 1.16. The molecular weight excluding hydrogens is 402 g/mol. The van der Waals surface area contributed by atoms with Crippen molar-refractivity contribution in [1.29, 1.82) is 0 Å². The summed E-state index contributed by atoms with van der Waals surface area (Å²) in [5.74, 6) is 0.927. The van der Waals surface area contributed by atoms with Gasteiger partial charge in [-0.25, -0.2) is 4.79 Å². The van der Waals surface area contributed by atoms with Crippen LogP contribution in [0.4, 0.5) is 16.2 Å². The number of piperazine rings is 1. The number of rotatable bonds is 10. The first-order valence-electron chi connectivity index (χ1n) is 11.6. The van der Waals surface area contributed by atoms with E-state index < -0.39 is 0 Å². The Morgan fingerprint density at radius 3 is 2.53 bits per heavy atom. The fourth-order valence-electron chi connectivity index (χ4n) is 4.40. The Morgan fingerprint density at radius 2 is 1.75 bits per heavy atom. The smallest absolute Gasteiger partial charge is 0.414 e. The molecule has 170 valence electrons. The van der Waals surface area contributed by atoms with Gasteiger partial charge in [-0.3, -0.25) is 9.80 Å². The van der Waals surface area contributed by atoms with Gasteiger partial charge in [-0.2, -0.15) is 0 Å². The molecule has 6 nitrogen and oxygen atoms in total. The van der Waals surface area contributed by atoms with E-state index in [1.807, 2.05) is 42.5 Å². The number of hydrogen-bond donors (Lipinski definition) is 0.